The molecule has 0 radical (unpaired) electrons. The summed E-state index contributed by atoms with van der Waals surface area (Å²) in [5, 5.41) is 0. The number of aromatic nitrogens is 2. The van der Waals surface area contributed by atoms with Gasteiger partial charge in [0.15, 0.2) is 11.6 Å². The molecule has 0 saturated heterocycles. The first-order valence-corrected chi connectivity index (χ1v) is 7.04. The Balaban J connectivity index is 2.12. The largest absolute Gasteiger partial charge is 0.490 e. The fourth-order valence-corrected chi connectivity index (χ4v) is 2.94. The van der Waals surface area contributed by atoms with Gasteiger partial charge < -0.3 is 15.4 Å². The summed E-state index contributed by atoms with van der Waals surface area (Å²) in [4.78, 5) is 10.5. The minimum atomic E-state index is 0.404. The predicted octanol–water partition coefficient (Wildman–Crippen LogP) is 2.47. The van der Waals surface area contributed by atoms with E-state index in [1.807, 2.05) is 0 Å². The summed E-state index contributed by atoms with van der Waals surface area (Å²) in [6.45, 7) is 2.28. The van der Waals surface area contributed by atoms with E-state index in [2.05, 4.69) is 28.8 Å². The van der Waals surface area contributed by atoms with Crippen LogP contribution in [0.4, 0.5) is 11.6 Å². The van der Waals surface area contributed by atoms with Crippen LogP contribution < -0.4 is 15.4 Å². The van der Waals surface area contributed by atoms with Crippen LogP contribution in [-0.4, -0.2) is 30.2 Å². The molecular weight excluding hydrogens is 240 g/mol. The second kappa shape index (κ2) is 6.08. The Morgan fingerprint density at radius 2 is 2.00 bits per heavy atom. The van der Waals surface area contributed by atoms with Gasteiger partial charge in [0.2, 0.25) is 5.75 Å². The molecule has 2 rings (SSSR count). The molecule has 19 heavy (non-hydrogen) atoms. The average molecular weight is 264 g/mol. The van der Waals surface area contributed by atoms with Gasteiger partial charge in [0.1, 0.15) is 6.33 Å². The number of nitrogen functional groups attached to an aromatic ring is 1. The van der Waals surface area contributed by atoms with E-state index in [-0.39, 0.29) is 0 Å². The highest BCUT2D eigenvalue weighted by molar-refractivity contribution is 5.62. The number of hydrogen-bond donors (Lipinski definition) is 1. The summed E-state index contributed by atoms with van der Waals surface area (Å²) in [6.07, 6.45) is 7.81. The summed E-state index contributed by atoms with van der Waals surface area (Å²) in [7, 11) is 3.68. The van der Waals surface area contributed by atoms with Gasteiger partial charge in [-0.1, -0.05) is 13.3 Å². The molecule has 0 aliphatic heterocycles. The van der Waals surface area contributed by atoms with Gasteiger partial charge in [-0.15, -0.1) is 0 Å². The quantitative estimate of drug-likeness (QED) is 0.905. The molecule has 1 aromatic heterocycles. The fraction of sp³-hybridized carbons (Fsp3) is 0.714. The molecular formula is C14H24N4O. The van der Waals surface area contributed by atoms with E-state index in [1.165, 1.54) is 38.4 Å². The molecule has 1 aromatic rings. The lowest BCUT2D eigenvalue weighted by Gasteiger charge is -2.35. The standard InChI is InChI=1S/C14H24N4O/c1-4-10-5-7-11(8-6-10)18(2)14-12(19-3)13(15)16-9-17-14/h9-11H,4-8H2,1-3H3,(H2,15,16,17). The molecule has 1 saturated carbocycles. The molecule has 1 heterocycles. The lowest BCUT2D eigenvalue weighted by atomic mass is 9.84. The second-order valence-electron chi connectivity index (χ2n) is 5.31. The van der Waals surface area contributed by atoms with Crippen LogP contribution in [0.15, 0.2) is 6.33 Å². The van der Waals surface area contributed by atoms with Crippen molar-refractivity contribution >= 4 is 11.6 Å². The zero-order valence-corrected chi connectivity index (χ0v) is 12.1. The molecule has 1 aliphatic carbocycles. The molecule has 1 fully saturated rings. The van der Waals surface area contributed by atoms with Crippen molar-refractivity contribution in [3.8, 4) is 5.75 Å². The van der Waals surface area contributed by atoms with Crippen LogP contribution in [0.1, 0.15) is 39.0 Å². The molecule has 1 aliphatic rings. The molecule has 5 heteroatoms. The van der Waals surface area contributed by atoms with Crippen molar-refractivity contribution in [2.75, 3.05) is 24.8 Å². The van der Waals surface area contributed by atoms with Crippen molar-refractivity contribution in [1.82, 2.24) is 9.97 Å². The van der Waals surface area contributed by atoms with E-state index < -0.39 is 0 Å². The van der Waals surface area contributed by atoms with Gasteiger partial charge in [0.25, 0.3) is 0 Å². The van der Waals surface area contributed by atoms with Crippen LogP contribution in [0.3, 0.4) is 0 Å². The maximum absolute atomic E-state index is 5.84. The van der Waals surface area contributed by atoms with E-state index in [1.54, 1.807) is 7.11 Å². The molecule has 0 atom stereocenters. The van der Waals surface area contributed by atoms with Crippen molar-refractivity contribution in [2.45, 2.75) is 45.1 Å². The summed E-state index contributed by atoms with van der Waals surface area (Å²) in [5.41, 5.74) is 5.84. The van der Waals surface area contributed by atoms with Gasteiger partial charge in [-0.3, -0.25) is 0 Å². The van der Waals surface area contributed by atoms with Crippen molar-refractivity contribution < 1.29 is 4.74 Å². The number of anilines is 2. The van der Waals surface area contributed by atoms with Gasteiger partial charge in [-0.05, 0) is 31.6 Å². The van der Waals surface area contributed by atoms with Crippen LogP contribution in [-0.2, 0) is 0 Å². The second-order valence-corrected chi connectivity index (χ2v) is 5.31. The predicted molar refractivity (Wildman–Crippen MR) is 77.4 cm³/mol. The van der Waals surface area contributed by atoms with Crippen molar-refractivity contribution in [3.05, 3.63) is 6.33 Å². The normalized spacial score (nSPS) is 23.1. The van der Waals surface area contributed by atoms with Crippen LogP contribution in [0.25, 0.3) is 0 Å². The Bertz CT molecular complexity index is 416. The van der Waals surface area contributed by atoms with Crippen molar-refractivity contribution in [1.29, 1.82) is 0 Å². The molecule has 0 aromatic carbocycles. The van der Waals surface area contributed by atoms with Gasteiger partial charge in [0, 0.05) is 13.1 Å². The van der Waals surface area contributed by atoms with Gasteiger partial charge in [-0.2, -0.15) is 0 Å². The van der Waals surface area contributed by atoms with Gasteiger partial charge in [0.05, 0.1) is 7.11 Å². The monoisotopic (exact) mass is 264 g/mol. The van der Waals surface area contributed by atoms with Crippen LogP contribution >= 0.6 is 0 Å². The first kappa shape index (κ1) is 13.9. The van der Waals surface area contributed by atoms with Crippen LogP contribution in [0.5, 0.6) is 5.75 Å². The highest BCUT2D eigenvalue weighted by atomic mass is 16.5. The lowest BCUT2D eigenvalue weighted by Crippen LogP contribution is -2.36. The lowest BCUT2D eigenvalue weighted by molar-refractivity contribution is 0.311. The third kappa shape index (κ3) is 2.91. The average Bonchev–Trinajstić information content (AvgIpc) is 2.46. The first-order chi connectivity index (χ1) is 9.17. The van der Waals surface area contributed by atoms with Crippen molar-refractivity contribution in [3.63, 3.8) is 0 Å². The number of ether oxygens (including phenoxy) is 1. The third-order valence-electron chi connectivity index (χ3n) is 4.29. The summed E-state index contributed by atoms with van der Waals surface area (Å²) in [6, 6.07) is 0.519. The van der Waals surface area contributed by atoms with E-state index in [0.717, 1.165) is 11.7 Å². The zero-order chi connectivity index (χ0) is 13.8. The number of rotatable bonds is 4. The summed E-state index contributed by atoms with van der Waals surface area (Å²) in [5.74, 6) is 2.68. The maximum Gasteiger partial charge on any atom is 0.204 e. The highest BCUT2D eigenvalue weighted by Gasteiger charge is 2.26. The Labute approximate surface area is 115 Å². The molecule has 0 amide bonds. The summed E-state index contributed by atoms with van der Waals surface area (Å²) < 4.78 is 5.34. The highest BCUT2D eigenvalue weighted by Crippen LogP contribution is 2.35. The van der Waals surface area contributed by atoms with Crippen LogP contribution in [0.2, 0.25) is 0 Å². The first-order valence-electron chi connectivity index (χ1n) is 7.04. The minimum absolute atomic E-state index is 0.404. The third-order valence-corrected chi connectivity index (χ3v) is 4.29. The molecule has 5 nitrogen and oxygen atoms in total. The number of nitrogens with zero attached hydrogens (tertiary/aromatic N) is 3. The fourth-order valence-electron chi connectivity index (χ4n) is 2.94. The maximum atomic E-state index is 5.84. The van der Waals surface area contributed by atoms with E-state index in [9.17, 15) is 0 Å². The Morgan fingerprint density at radius 1 is 1.32 bits per heavy atom. The SMILES string of the molecule is CCC1CCC(N(C)c2ncnc(N)c2OC)CC1. The smallest absolute Gasteiger partial charge is 0.204 e. The van der Waals surface area contributed by atoms with E-state index in [0.29, 0.717) is 17.6 Å². The molecule has 0 spiro atoms. The van der Waals surface area contributed by atoms with E-state index >= 15 is 0 Å². The summed E-state index contributed by atoms with van der Waals surface area (Å²) >= 11 is 0. The van der Waals surface area contributed by atoms with E-state index in [4.69, 9.17) is 10.5 Å². The Kier molecular flexibility index (Phi) is 4.45. The zero-order valence-electron chi connectivity index (χ0n) is 12.1. The number of hydrogen-bond acceptors (Lipinski definition) is 5. The minimum Gasteiger partial charge on any atom is -0.490 e. The molecule has 2 N–H and O–H groups in total. The Morgan fingerprint density at radius 3 is 2.58 bits per heavy atom. The van der Waals surface area contributed by atoms with Crippen molar-refractivity contribution in [2.24, 2.45) is 5.92 Å². The topological polar surface area (TPSA) is 64.3 Å². The molecule has 0 unspecified atom stereocenters. The van der Waals surface area contributed by atoms with Crippen LogP contribution in [0, 0.1) is 5.92 Å². The number of nitrogens with two attached hydrogens (primary N) is 1. The molecule has 106 valence electrons. The molecule has 0 bridgehead atoms. The Hall–Kier alpha value is -1.52. The van der Waals surface area contributed by atoms with Gasteiger partial charge >= 0.3 is 0 Å². The number of methoxy groups -OCH3 is 1. The van der Waals surface area contributed by atoms with Gasteiger partial charge in [-0.25, -0.2) is 9.97 Å².